The normalized spacial score (nSPS) is 21.3. The molecule has 0 aromatic carbocycles. The predicted octanol–water partition coefficient (Wildman–Crippen LogP) is 2.77. The Balaban J connectivity index is 1.75. The summed E-state index contributed by atoms with van der Waals surface area (Å²) in [7, 11) is 0. The number of amidine groups is 1. The average molecular weight is 280 g/mol. The number of thioether (sulfide) groups is 1. The van der Waals surface area contributed by atoms with Crippen molar-refractivity contribution >= 4 is 16.9 Å². The van der Waals surface area contributed by atoms with Crippen LogP contribution in [0.5, 0.6) is 0 Å². The molecule has 2 unspecified atom stereocenters. The molecule has 0 saturated carbocycles. The van der Waals surface area contributed by atoms with E-state index < -0.39 is 0 Å². The topological polar surface area (TPSA) is 42.2 Å². The Hall–Kier alpha value is -0.970. The molecule has 5 heteroatoms. The molecule has 2 atom stereocenters. The second-order valence-electron chi connectivity index (χ2n) is 6.46. The van der Waals surface area contributed by atoms with Gasteiger partial charge in [0.15, 0.2) is 5.17 Å². The molecule has 4 nitrogen and oxygen atoms in total. The zero-order valence-corrected chi connectivity index (χ0v) is 13.1. The first-order chi connectivity index (χ1) is 8.92. The van der Waals surface area contributed by atoms with E-state index in [-0.39, 0.29) is 0 Å². The molecular weight excluding hydrogens is 256 g/mol. The van der Waals surface area contributed by atoms with Crippen molar-refractivity contribution in [2.45, 2.75) is 52.0 Å². The summed E-state index contributed by atoms with van der Waals surface area (Å²) < 4.78 is 2.09. The lowest BCUT2D eigenvalue weighted by Gasteiger charge is -2.22. The molecule has 0 saturated heterocycles. The molecule has 1 aromatic rings. The van der Waals surface area contributed by atoms with Crippen molar-refractivity contribution in [1.29, 1.82) is 0 Å². The van der Waals surface area contributed by atoms with Crippen LogP contribution in [0.4, 0.5) is 0 Å². The van der Waals surface area contributed by atoms with E-state index in [1.165, 1.54) is 6.42 Å². The Labute approximate surface area is 120 Å². The van der Waals surface area contributed by atoms with Crippen molar-refractivity contribution in [3.8, 4) is 0 Å². The van der Waals surface area contributed by atoms with E-state index in [0.29, 0.717) is 16.7 Å². The summed E-state index contributed by atoms with van der Waals surface area (Å²) in [6.45, 7) is 10.9. The summed E-state index contributed by atoms with van der Waals surface area (Å²) in [4.78, 5) is 8.67. The number of hydrogen-bond donors (Lipinski definition) is 1. The average Bonchev–Trinajstić information content (AvgIpc) is 2.88. The van der Waals surface area contributed by atoms with Gasteiger partial charge < -0.3 is 9.88 Å². The molecule has 0 bridgehead atoms. The Morgan fingerprint density at radius 2 is 2.32 bits per heavy atom. The SMILES string of the molecule is CC(Cn1ccnc1)NC1=NCC(CC(C)(C)C)S1. The zero-order valence-electron chi connectivity index (χ0n) is 12.3. The summed E-state index contributed by atoms with van der Waals surface area (Å²) in [6.07, 6.45) is 6.87. The number of nitrogens with one attached hydrogen (secondary N) is 1. The van der Waals surface area contributed by atoms with Gasteiger partial charge in [-0.25, -0.2) is 4.98 Å². The van der Waals surface area contributed by atoms with Gasteiger partial charge in [-0.2, -0.15) is 0 Å². The third kappa shape index (κ3) is 4.90. The highest BCUT2D eigenvalue weighted by molar-refractivity contribution is 8.14. The van der Waals surface area contributed by atoms with Crippen molar-refractivity contribution in [3.05, 3.63) is 18.7 Å². The monoisotopic (exact) mass is 280 g/mol. The first-order valence-electron chi connectivity index (χ1n) is 6.86. The van der Waals surface area contributed by atoms with E-state index in [1.54, 1.807) is 0 Å². The number of rotatable bonds is 4. The second kappa shape index (κ2) is 5.99. The van der Waals surface area contributed by atoms with Crippen LogP contribution in [-0.2, 0) is 6.54 Å². The third-order valence-corrected chi connectivity index (χ3v) is 4.09. The van der Waals surface area contributed by atoms with Crippen molar-refractivity contribution in [2.24, 2.45) is 10.4 Å². The Morgan fingerprint density at radius 1 is 1.53 bits per heavy atom. The number of imidazole rings is 1. The quantitative estimate of drug-likeness (QED) is 0.922. The molecule has 0 fully saturated rings. The molecule has 0 aliphatic carbocycles. The Morgan fingerprint density at radius 3 is 2.95 bits per heavy atom. The van der Waals surface area contributed by atoms with Crippen molar-refractivity contribution < 1.29 is 0 Å². The van der Waals surface area contributed by atoms with Crippen molar-refractivity contribution in [2.75, 3.05) is 6.54 Å². The molecule has 1 N–H and O–H groups in total. The minimum atomic E-state index is 0.369. The third-order valence-electron chi connectivity index (χ3n) is 2.97. The maximum Gasteiger partial charge on any atom is 0.157 e. The van der Waals surface area contributed by atoms with Crippen LogP contribution >= 0.6 is 11.8 Å². The number of aromatic nitrogens is 2. The van der Waals surface area contributed by atoms with E-state index in [2.05, 4.69) is 47.6 Å². The molecule has 19 heavy (non-hydrogen) atoms. The van der Waals surface area contributed by atoms with E-state index in [1.807, 2.05) is 30.5 Å². The molecule has 0 radical (unpaired) electrons. The van der Waals surface area contributed by atoms with Gasteiger partial charge in [-0.1, -0.05) is 32.5 Å². The molecular formula is C14H24N4S. The van der Waals surface area contributed by atoms with Crippen LogP contribution in [0.1, 0.15) is 34.1 Å². The van der Waals surface area contributed by atoms with Crippen LogP contribution < -0.4 is 5.32 Å². The van der Waals surface area contributed by atoms with E-state index in [4.69, 9.17) is 0 Å². The van der Waals surface area contributed by atoms with Gasteiger partial charge in [-0.3, -0.25) is 4.99 Å². The van der Waals surface area contributed by atoms with Gasteiger partial charge in [0.1, 0.15) is 0 Å². The maximum absolute atomic E-state index is 4.61. The minimum Gasteiger partial charge on any atom is -0.361 e. The summed E-state index contributed by atoms with van der Waals surface area (Å²) in [5, 5.41) is 5.22. The van der Waals surface area contributed by atoms with Crippen LogP contribution in [0, 0.1) is 5.41 Å². The first-order valence-corrected chi connectivity index (χ1v) is 7.74. The fourth-order valence-corrected chi connectivity index (χ4v) is 3.72. The van der Waals surface area contributed by atoms with E-state index in [9.17, 15) is 0 Å². The van der Waals surface area contributed by atoms with E-state index >= 15 is 0 Å². The predicted molar refractivity (Wildman–Crippen MR) is 82.6 cm³/mol. The van der Waals surface area contributed by atoms with Crippen molar-refractivity contribution in [1.82, 2.24) is 14.9 Å². The molecule has 2 heterocycles. The highest BCUT2D eigenvalue weighted by Gasteiger charge is 2.25. The van der Waals surface area contributed by atoms with Gasteiger partial charge in [0.2, 0.25) is 0 Å². The summed E-state index contributed by atoms with van der Waals surface area (Å²) in [5.41, 5.74) is 0.380. The fourth-order valence-electron chi connectivity index (χ4n) is 2.25. The number of hydrogen-bond acceptors (Lipinski definition) is 4. The fraction of sp³-hybridized carbons (Fsp3) is 0.714. The number of nitrogens with zero attached hydrogens (tertiary/aromatic N) is 3. The summed E-state index contributed by atoms with van der Waals surface area (Å²) in [5.74, 6) is 0. The zero-order chi connectivity index (χ0) is 13.9. The van der Waals surface area contributed by atoms with Crippen LogP contribution in [-0.4, -0.2) is 32.6 Å². The lowest BCUT2D eigenvalue weighted by Crippen LogP contribution is -2.33. The number of aliphatic imine (C=N–C) groups is 1. The van der Waals surface area contributed by atoms with Gasteiger partial charge in [0.05, 0.1) is 12.9 Å². The molecule has 1 aromatic heterocycles. The van der Waals surface area contributed by atoms with Gasteiger partial charge >= 0.3 is 0 Å². The summed E-state index contributed by atoms with van der Waals surface area (Å²) in [6, 6.07) is 0.369. The summed E-state index contributed by atoms with van der Waals surface area (Å²) >= 11 is 1.89. The lowest BCUT2D eigenvalue weighted by molar-refractivity contribution is 0.375. The Kier molecular flexibility index (Phi) is 4.55. The van der Waals surface area contributed by atoms with Gasteiger partial charge in [0.25, 0.3) is 0 Å². The minimum absolute atomic E-state index is 0.369. The largest absolute Gasteiger partial charge is 0.361 e. The maximum atomic E-state index is 4.61. The van der Waals surface area contributed by atoms with Crippen LogP contribution in [0.2, 0.25) is 0 Å². The van der Waals surface area contributed by atoms with Crippen LogP contribution in [0.3, 0.4) is 0 Å². The molecule has 106 valence electrons. The smallest absolute Gasteiger partial charge is 0.157 e. The van der Waals surface area contributed by atoms with Gasteiger partial charge in [-0.15, -0.1) is 0 Å². The molecule has 1 aliphatic rings. The van der Waals surface area contributed by atoms with Gasteiger partial charge in [-0.05, 0) is 18.8 Å². The van der Waals surface area contributed by atoms with Crippen molar-refractivity contribution in [3.63, 3.8) is 0 Å². The Bertz CT molecular complexity index is 419. The molecule has 0 spiro atoms. The highest BCUT2D eigenvalue weighted by atomic mass is 32.2. The highest BCUT2D eigenvalue weighted by Crippen LogP contribution is 2.31. The second-order valence-corrected chi connectivity index (χ2v) is 7.74. The first kappa shape index (κ1) is 14.4. The molecule has 1 aliphatic heterocycles. The molecule has 2 rings (SSSR count). The van der Waals surface area contributed by atoms with Crippen LogP contribution in [0.15, 0.2) is 23.7 Å². The van der Waals surface area contributed by atoms with E-state index in [0.717, 1.165) is 18.3 Å². The van der Waals surface area contributed by atoms with Crippen LogP contribution in [0.25, 0.3) is 0 Å². The lowest BCUT2D eigenvalue weighted by atomic mass is 9.90. The standard InChI is InChI=1S/C14H24N4S/c1-11(9-18-6-5-15-10-18)17-13-16-8-12(19-13)7-14(2,3)4/h5-6,10-12H,7-9H2,1-4H3,(H,16,17). The van der Waals surface area contributed by atoms with Gasteiger partial charge in [0, 0.05) is 30.2 Å². The molecule has 0 amide bonds.